The number of anilines is 1. The molecule has 1 aliphatic heterocycles. The number of nitrogens with zero attached hydrogens (tertiary/aromatic N) is 1. The second-order valence-electron chi connectivity index (χ2n) is 7.16. The van der Waals surface area contributed by atoms with Crippen LogP contribution in [-0.2, 0) is 15.8 Å². The van der Waals surface area contributed by atoms with E-state index in [9.17, 15) is 22.8 Å². The lowest BCUT2D eigenvalue weighted by Crippen LogP contribution is -2.41. The van der Waals surface area contributed by atoms with Gasteiger partial charge in [-0.3, -0.25) is 14.5 Å². The Labute approximate surface area is 170 Å². The molecule has 3 nitrogen and oxygen atoms in total. The molecule has 1 atom stereocenters. The molecule has 1 aliphatic carbocycles. The number of carbonyl (C=O) groups is 2. The number of rotatable bonds is 2. The van der Waals surface area contributed by atoms with Gasteiger partial charge in [0.25, 0.3) is 0 Å². The van der Waals surface area contributed by atoms with Crippen LogP contribution in [0.25, 0.3) is 0 Å². The summed E-state index contributed by atoms with van der Waals surface area (Å²) in [6.45, 7) is 0. The van der Waals surface area contributed by atoms with Crippen LogP contribution < -0.4 is 4.90 Å². The number of allylic oxidation sites excluding steroid dienone is 2. The standard InChI is InChI=1S/C22H17ClF3NO2/c23-16-8-3-4-9-17(16)27-18-10-5-11-19(28)21(18)14(12-20(27)29)13-6-1-2-7-15(13)22(24,25)26/h1-4,6-9,14H,5,10-12H2. The smallest absolute Gasteiger partial charge is 0.294 e. The van der Waals surface area contributed by atoms with Gasteiger partial charge in [-0.05, 0) is 36.6 Å². The summed E-state index contributed by atoms with van der Waals surface area (Å²) in [4.78, 5) is 27.3. The topological polar surface area (TPSA) is 37.4 Å². The maximum absolute atomic E-state index is 13.6. The average molecular weight is 420 g/mol. The third kappa shape index (κ3) is 3.46. The zero-order chi connectivity index (χ0) is 20.8. The Bertz CT molecular complexity index is 1030. The first-order valence-electron chi connectivity index (χ1n) is 9.29. The van der Waals surface area contributed by atoms with Gasteiger partial charge in [0.05, 0.1) is 16.3 Å². The van der Waals surface area contributed by atoms with Gasteiger partial charge in [0.2, 0.25) is 5.91 Å². The van der Waals surface area contributed by atoms with Crippen LogP contribution >= 0.6 is 11.6 Å². The van der Waals surface area contributed by atoms with Gasteiger partial charge in [0.1, 0.15) is 0 Å². The number of amides is 1. The van der Waals surface area contributed by atoms with Crippen molar-refractivity contribution in [1.82, 2.24) is 0 Å². The highest BCUT2D eigenvalue weighted by molar-refractivity contribution is 6.34. The minimum Gasteiger partial charge on any atom is -0.294 e. The lowest BCUT2D eigenvalue weighted by atomic mass is 9.76. The zero-order valence-corrected chi connectivity index (χ0v) is 16.1. The summed E-state index contributed by atoms with van der Waals surface area (Å²) in [5.41, 5.74) is 0.369. The average Bonchev–Trinajstić information content (AvgIpc) is 2.68. The maximum atomic E-state index is 13.6. The van der Waals surface area contributed by atoms with E-state index in [1.54, 1.807) is 24.3 Å². The number of ketones is 1. The fourth-order valence-electron chi connectivity index (χ4n) is 4.23. The summed E-state index contributed by atoms with van der Waals surface area (Å²) in [5, 5.41) is 0.347. The Morgan fingerprint density at radius 3 is 2.38 bits per heavy atom. The molecule has 150 valence electrons. The van der Waals surface area contributed by atoms with Crippen molar-refractivity contribution >= 4 is 29.0 Å². The lowest BCUT2D eigenvalue weighted by molar-refractivity contribution is -0.138. The molecule has 7 heteroatoms. The molecule has 0 aromatic heterocycles. The van der Waals surface area contributed by atoms with Gasteiger partial charge < -0.3 is 0 Å². The van der Waals surface area contributed by atoms with Gasteiger partial charge in [0.15, 0.2) is 5.78 Å². The summed E-state index contributed by atoms with van der Waals surface area (Å²) in [7, 11) is 0. The number of hydrogen-bond acceptors (Lipinski definition) is 2. The second-order valence-corrected chi connectivity index (χ2v) is 7.57. The molecule has 2 aromatic rings. The summed E-state index contributed by atoms with van der Waals surface area (Å²) in [5.74, 6) is -1.49. The minimum atomic E-state index is -4.57. The van der Waals surface area contributed by atoms with Gasteiger partial charge >= 0.3 is 6.18 Å². The Hall–Kier alpha value is -2.60. The Morgan fingerprint density at radius 2 is 1.66 bits per heavy atom. The van der Waals surface area contributed by atoms with Gasteiger partial charge in [-0.15, -0.1) is 0 Å². The van der Waals surface area contributed by atoms with Crippen molar-refractivity contribution < 1.29 is 22.8 Å². The van der Waals surface area contributed by atoms with E-state index in [4.69, 9.17) is 11.6 Å². The molecule has 1 heterocycles. The molecular formula is C22H17ClF3NO2. The Kier molecular flexibility index (Phi) is 4.99. The number of carbonyl (C=O) groups excluding carboxylic acids is 2. The van der Waals surface area contributed by atoms with Crippen molar-refractivity contribution in [3.8, 4) is 0 Å². The monoisotopic (exact) mass is 419 g/mol. The Balaban J connectivity index is 1.92. The normalized spacial score (nSPS) is 20.1. The predicted molar refractivity (Wildman–Crippen MR) is 104 cm³/mol. The van der Waals surface area contributed by atoms with E-state index in [1.807, 2.05) is 0 Å². The van der Waals surface area contributed by atoms with E-state index >= 15 is 0 Å². The van der Waals surface area contributed by atoms with Crippen LogP contribution in [0.2, 0.25) is 5.02 Å². The second kappa shape index (κ2) is 7.34. The van der Waals surface area contributed by atoms with E-state index < -0.39 is 17.7 Å². The number of alkyl halides is 3. The molecule has 0 saturated carbocycles. The lowest BCUT2D eigenvalue weighted by Gasteiger charge is -2.39. The number of benzene rings is 2. The fraction of sp³-hybridized carbons (Fsp3) is 0.273. The highest BCUT2D eigenvalue weighted by atomic mass is 35.5. The molecule has 4 rings (SSSR count). The molecule has 0 saturated heterocycles. The van der Waals surface area contributed by atoms with Crippen LogP contribution in [0, 0.1) is 0 Å². The third-order valence-corrected chi connectivity index (χ3v) is 5.73. The molecule has 29 heavy (non-hydrogen) atoms. The van der Waals surface area contributed by atoms with Crippen LogP contribution in [0.15, 0.2) is 59.8 Å². The van der Waals surface area contributed by atoms with Gasteiger partial charge in [-0.1, -0.05) is 41.9 Å². The van der Waals surface area contributed by atoms with Gasteiger partial charge in [0, 0.05) is 30.0 Å². The van der Waals surface area contributed by atoms with Crippen molar-refractivity contribution in [3.63, 3.8) is 0 Å². The highest BCUT2D eigenvalue weighted by Gasteiger charge is 2.43. The maximum Gasteiger partial charge on any atom is 0.416 e. The van der Waals surface area contributed by atoms with E-state index in [0.29, 0.717) is 34.8 Å². The summed E-state index contributed by atoms with van der Waals surface area (Å²) in [6, 6.07) is 11.9. The molecule has 0 N–H and O–H groups in total. The van der Waals surface area contributed by atoms with Gasteiger partial charge in [-0.25, -0.2) is 0 Å². The van der Waals surface area contributed by atoms with Crippen molar-refractivity contribution in [1.29, 1.82) is 0 Å². The predicted octanol–water partition coefficient (Wildman–Crippen LogP) is 5.89. The molecule has 0 fully saturated rings. The van der Waals surface area contributed by atoms with E-state index in [2.05, 4.69) is 0 Å². The molecule has 0 bridgehead atoms. The summed E-state index contributed by atoms with van der Waals surface area (Å²) < 4.78 is 40.8. The fourth-order valence-corrected chi connectivity index (χ4v) is 4.45. The van der Waals surface area contributed by atoms with E-state index in [0.717, 1.165) is 6.07 Å². The number of para-hydroxylation sites is 1. The molecule has 1 amide bonds. The van der Waals surface area contributed by atoms with E-state index in [-0.39, 0.29) is 30.1 Å². The SMILES string of the molecule is O=C1CCCC2=C1C(c1ccccc1C(F)(F)F)CC(=O)N2c1ccccc1Cl. The molecule has 2 aromatic carbocycles. The number of Topliss-reactive ketones (excluding diaryl/α,β-unsaturated/α-hetero) is 1. The third-order valence-electron chi connectivity index (χ3n) is 5.41. The summed E-state index contributed by atoms with van der Waals surface area (Å²) in [6.07, 6.45) is -3.56. The van der Waals surface area contributed by atoms with Crippen LogP contribution in [0.4, 0.5) is 18.9 Å². The van der Waals surface area contributed by atoms with Crippen molar-refractivity contribution in [3.05, 3.63) is 76.0 Å². The van der Waals surface area contributed by atoms with Crippen LogP contribution in [0.3, 0.4) is 0 Å². The molecule has 0 radical (unpaired) electrons. The molecule has 0 spiro atoms. The first-order chi connectivity index (χ1) is 13.8. The first kappa shape index (κ1) is 19.7. The van der Waals surface area contributed by atoms with Crippen molar-refractivity contribution in [2.75, 3.05) is 4.90 Å². The molecule has 1 unspecified atom stereocenters. The van der Waals surface area contributed by atoms with E-state index in [1.165, 1.54) is 23.1 Å². The minimum absolute atomic E-state index is 0.0325. The summed E-state index contributed by atoms with van der Waals surface area (Å²) >= 11 is 6.28. The molecule has 2 aliphatic rings. The first-order valence-corrected chi connectivity index (χ1v) is 9.66. The van der Waals surface area contributed by atoms with Crippen molar-refractivity contribution in [2.45, 2.75) is 37.8 Å². The van der Waals surface area contributed by atoms with Crippen molar-refractivity contribution in [2.24, 2.45) is 0 Å². The number of halogens is 4. The highest BCUT2D eigenvalue weighted by Crippen LogP contribution is 2.47. The Morgan fingerprint density at radius 1 is 0.966 bits per heavy atom. The van der Waals surface area contributed by atoms with Crippen LogP contribution in [-0.4, -0.2) is 11.7 Å². The quantitative estimate of drug-likeness (QED) is 0.609. The van der Waals surface area contributed by atoms with Gasteiger partial charge in [-0.2, -0.15) is 13.2 Å². The van der Waals surface area contributed by atoms with Crippen LogP contribution in [0.1, 0.15) is 42.7 Å². The van der Waals surface area contributed by atoms with Crippen LogP contribution in [0.5, 0.6) is 0 Å². The largest absolute Gasteiger partial charge is 0.416 e. The zero-order valence-electron chi connectivity index (χ0n) is 15.3. The number of hydrogen-bond donors (Lipinski definition) is 0. The molecular weight excluding hydrogens is 403 g/mol.